The van der Waals surface area contributed by atoms with Crippen LogP contribution in [0.2, 0.25) is 0 Å². The molecule has 3 aliphatic rings. The van der Waals surface area contributed by atoms with Crippen LogP contribution in [0.4, 0.5) is 4.79 Å². The maximum atomic E-state index is 13.2. The Morgan fingerprint density at radius 1 is 1.19 bits per heavy atom. The zero-order valence-corrected chi connectivity index (χ0v) is 16.5. The van der Waals surface area contributed by atoms with E-state index in [0.29, 0.717) is 12.5 Å². The lowest BCUT2D eigenvalue weighted by molar-refractivity contribution is -0.153. The van der Waals surface area contributed by atoms with Crippen molar-refractivity contribution in [1.82, 2.24) is 10.2 Å². The number of carbonyl (C=O) groups excluding carboxylic acids is 3. The third kappa shape index (κ3) is 3.40. The second-order valence-corrected chi connectivity index (χ2v) is 9.37. The van der Waals surface area contributed by atoms with E-state index in [0.717, 1.165) is 12.8 Å². The summed E-state index contributed by atoms with van der Waals surface area (Å²) in [6.45, 7) is 10.1. The lowest BCUT2D eigenvalue weighted by Gasteiger charge is -2.32. The Kier molecular flexibility index (Phi) is 4.48. The fourth-order valence-electron chi connectivity index (χ4n) is 4.33. The summed E-state index contributed by atoms with van der Waals surface area (Å²) in [5.41, 5.74) is -0.585. The molecule has 2 amide bonds. The summed E-state index contributed by atoms with van der Waals surface area (Å²) in [5.74, 6) is -0.0320. The molecule has 0 bridgehead atoms. The summed E-state index contributed by atoms with van der Waals surface area (Å²) in [5, 5.41) is 2.74. The molecule has 0 spiro atoms. The summed E-state index contributed by atoms with van der Waals surface area (Å²) in [7, 11) is 1.35. The van der Waals surface area contributed by atoms with Gasteiger partial charge in [-0.3, -0.25) is 4.79 Å². The molecule has 0 aromatic heterocycles. The Morgan fingerprint density at radius 2 is 1.81 bits per heavy atom. The van der Waals surface area contributed by atoms with Crippen molar-refractivity contribution in [3.8, 4) is 0 Å². The first-order chi connectivity index (χ1) is 12.0. The fourth-order valence-corrected chi connectivity index (χ4v) is 4.33. The first-order valence-corrected chi connectivity index (χ1v) is 9.35. The second kappa shape index (κ2) is 6.13. The Hall–Kier alpha value is -1.79. The van der Waals surface area contributed by atoms with Gasteiger partial charge < -0.3 is 19.7 Å². The predicted octanol–water partition coefficient (Wildman–Crippen LogP) is 1.95. The number of ether oxygens (including phenoxy) is 2. The fraction of sp³-hybridized carbons (Fsp3) is 0.842. The second-order valence-electron chi connectivity index (χ2n) is 9.37. The average molecular weight is 366 g/mol. The number of likely N-dealkylation sites (tertiary alicyclic amines) is 1. The molecule has 2 saturated carbocycles. The van der Waals surface area contributed by atoms with Gasteiger partial charge in [0.15, 0.2) is 0 Å². The Morgan fingerprint density at radius 3 is 2.31 bits per heavy atom. The van der Waals surface area contributed by atoms with Crippen molar-refractivity contribution >= 4 is 18.0 Å². The van der Waals surface area contributed by atoms with Gasteiger partial charge in [0.25, 0.3) is 0 Å². The molecule has 7 heteroatoms. The van der Waals surface area contributed by atoms with Crippen molar-refractivity contribution < 1.29 is 23.9 Å². The molecule has 146 valence electrons. The molecule has 3 rings (SSSR count). The molecule has 0 aromatic rings. The summed E-state index contributed by atoms with van der Waals surface area (Å²) in [6.07, 6.45) is 1.19. The summed E-state index contributed by atoms with van der Waals surface area (Å²) >= 11 is 0. The van der Waals surface area contributed by atoms with Crippen molar-refractivity contribution in [2.45, 2.75) is 65.1 Å². The first kappa shape index (κ1) is 19.0. The van der Waals surface area contributed by atoms with Crippen LogP contribution >= 0.6 is 0 Å². The third-order valence-electron chi connectivity index (χ3n) is 5.97. The van der Waals surface area contributed by atoms with Crippen LogP contribution in [0, 0.1) is 23.2 Å². The SMILES string of the molecule is COC(=O)[C@@H]1[C@@H]2[C@H](CN1C(=O)C(NC(=O)OC(C)(C)C)C1CC1)C2(C)C. The monoisotopic (exact) mass is 366 g/mol. The molecule has 1 unspecified atom stereocenters. The van der Waals surface area contributed by atoms with Gasteiger partial charge in [0, 0.05) is 12.5 Å². The maximum Gasteiger partial charge on any atom is 0.408 e. The van der Waals surface area contributed by atoms with Crippen molar-refractivity contribution in [3.05, 3.63) is 0 Å². The largest absolute Gasteiger partial charge is 0.467 e. The van der Waals surface area contributed by atoms with Gasteiger partial charge in [-0.1, -0.05) is 13.8 Å². The van der Waals surface area contributed by atoms with Gasteiger partial charge in [-0.2, -0.15) is 0 Å². The van der Waals surface area contributed by atoms with E-state index < -0.39 is 23.8 Å². The van der Waals surface area contributed by atoms with Crippen LogP contribution in [0.5, 0.6) is 0 Å². The van der Waals surface area contributed by atoms with E-state index in [9.17, 15) is 14.4 Å². The minimum atomic E-state index is -0.641. The standard InChI is InChI=1S/C19H30N2O5/c1-18(2,3)26-17(24)20-13(10-7-8-10)15(22)21-9-11-12(19(11,4)5)14(21)16(23)25-6/h10-14H,7-9H2,1-6H3,(H,20,24)/t11-,12-,13?,14-/m0/s1. The zero-order chi connectivity index (χ0) is 19.4. The predicted molar refractivity (Wildman–Crippen MR) is 94.2 cm³/mol. The Bertz CT molecular complexity index is 620. The van der Waals surface area contributed by atoms with Gasteiger partial charge in [0.2, 0.25) is 5.91 Å². The number of methoxy groups -OCH3 is 1. The zero-order valence-electron chi connectivity index (χ0n) is 16.5. The quantitative estimate of drug-likeness (QED) is 0.769. The number of hydrogen-bond donors (Lipinski definition) is 1. The molecule has 7 nitrogen and oxygen atoms in total. The molecule has 1 saturated heterocycles. The van der Waals surface area contributed by atoms with Crippen molar-refractivity contribution in [1.29, 1.82) is 0 Å². The lowest BCUT2D eigenvalue weighted by atomic mass is 10.00. The van der Waals surface area contributed by atoms with Crippen LogP contribution in [-0.2, 0) is 19.1 Å². The maximum absolute atomic E-state index is 13.2. The Balaban J connectivity index is 1.73. The van der Waals surface area contributed by atoms with Crippen molar-refractivity contribution in [3.63, 3.8) is 0 Å². The van der Waals surface area contributed by atoms with E-state index in [-0.39, 0.29) is 29.1 Å². The number of rotatable bonds is 4. The van der Waals surface area contributed by atoms with Gasteiger partial charge in [-0.05, 0) is 50.9 Å². The Labute approximate surface area is 154 Å². The summed E-state index contributed by atoms with van der Waals surface area (Å²) in [6, 6.07) is -1.20. The highest BCUT2D eigenvalue weighted by Gasteiger charge is 2.70. The van der Waals surface area contributed by atoms with Gasteiger partial charge in [-0.15, -0.1) is 0 Å². The number of piperidine rings is 1. The number of carbonyl (C=O) groups is 3. The summed E-state index contributed by atoms with van der Waals surface area (Å²) in [4.78, 5) is 39.3. The van der Waals surface area contributed by atoms with Crippen molar-refractivity contribution in [2.24, 2.45) is 23.2 Å². The van der Waals surface area contributed by atoms with Gasteiger partial charge in [0.1, 0.15) is 17.7 Å². The molecule has 1 aliphatic heterocycles. The van der Waals surface area contributed by atoms with E-state index >= 15 is 0 Å². The number of nitrogens with one attached hydrogen (secondary N) is 1. The molecule has 0 radical (unpaired) electrons. The van der Waals surface area contributed by atoms with E-state index in [1.54, 1.807) is 25.7 Å². The minimum Gasteiger partial charge on any atom is -0.467 e. The third-order valence-corrected chi connectivity index (χ3v) is 5.97. The van der Waals surface area contributed by atoms with Gasteiger partial charge in [-0.25, -0.2) is 9.59 Å². The molecule has 1 N–H and O–H groups in total. The molecule has 0 aromatic carbocycles. The van der Waals surface area contributed by atoms with Crippen LogP contribution in [0.1, 0.15) is 47.5 Å². The molecule has 4 atom stereocenters. The number of fused-ring (bicyclic) bond motifs is 1. The molecule has 1 heterocycles. The molecular formula is C19H30N2O5. The average Bonchev–Trinajstić information content (AvgIpc) is 3.38. The highest BCUT2D eigenvalue weighted by atomic mass is 16.6. The van der Waals surface area contributed by atoms with Gasteiger partial charge in [0.05, 0.1) is 7.11 Å². The molecular weight excluding hydrogens is 336 g/mol. The highest BCUT2D eigenvalue weighted by molar-refractivity contribution is 5.91. The lowest BCUT2D eigenvalue weighted by Crippen LogP contribution is -2.55. The molecule has 26 heavy (non-hydrogen) atoms. The smallest absolute Gasteiger partial charge is 0.408 e. The van der Waals surface area contributed by atoms with E-state index in [1.807, 2.05) is 0 Å². The molecule has 2 aliphatic carbocycles. The topological polar surface area (TPSA) is 84.9 Å². The van der Waals surface area contributed by atoms with E-state index in [2.05, 4.69) is 19.2 Å². The highest BCUT2D eigenvalue weighted by Crippen LogP contribution is 2.65. The number of alkyl carbamates (subject to hydrolysis) is 1. The minimum absolute atomic E-state index is 0.0449. The van der Waals surface area contributed by atoms with Crippen LogP contribution < -0.4 is 5.32 Å². The normalized spacial score (nSPS) is 30.2. The van der Waals surface area contributed by atoms with Crippen LogP contribution in [0.25, 0.3) is 0 Å². The van der Waals surface area contributed by atoms with Crippen molar-refractivity contribution in [2.75, 3.05) is 13.7 Å². The van der Waals surface area contributed by atoms with E-state index in [4.69, 9.17) is 9.47 Å². The number of nitrogens with zero attached hydrogens (tertiary/aromatic N) is 1. The van der Waals surface area contributed by atoms with Crippen LogP contribution in [-0.4, -0.2) is 54.2 Å². The number of hydrogen-bond acceptors (Lipinski definition) is 5. The van der Waals surface area contributed by atoms with Gasteiger partial charge >= 0.3 is 12.1 Å². The number of esters is 1. The number of amides is 2. The molecule has 3 fully saturated rings. The van der Waals surface area contributed by atoms with Crippen LogP contribution in [0.3, 0.4) is 0 Å². The first-order valence-electron chi connectivity index (χ1n) is 9.35. The van der Waals surface area contributed by atoms with Crippen LogP contribution in [0.15, 0.2) is 0 Å². The summed E-state index contributed by atoms with van der Waals surface area (Å²) < 4.78 is 10.3. The van der Waals surface area contributed by atoms with E-state index in [1.165, 1.54) is 7.11 Å².